The fourth-order valence-electron chi connectivity index (χ4n) is 2.59. The summed E-state index contributed by atoms with van der Waals surface area (Å²) in [6.07, 6.45) is -2.61. The molecule has 0 unspecified atom stereocenters. The number of halogens is 3. The van der Waals surface area contributed by atoms with Gasteiger partial charge in [-0.1, -0.05) is 17.8 Å². The third-order valence-electron chi connectivity index (χ3n) is 3.68. The highest BCUT2D eigenvalue weighted by Gasteiger charge is 2.31. The molecule has 0 aliphatic carbocycles. The van der Waals surface area contributed by atoms with Gasteiger partial charge in [-0.2, -0.15) is 18.3 Å². The van der Waals surface area contributed by atoms with Gasteiger partial charge in [0, 0.05) is 6.54 Å². The first-order valence-corrected chi connectivity index (χ1v) is 8.79. The summed E-state index contributed by atoms with van der Waals surface area (Å²) in [5.74, 6) is 0.464. The Labute approximate surface area is 146 Å². The molecule has 0 saturated heterocycles. The van der Waals surface area contributed by atoms with Crippen molar-refractivity contribution >= 4 is 11.8 Å². The lowest BCUT2D eigenvalue weighted by Gasteiger charge is -2.13. The highest BCUT2D eigenvalue weighted by atomic mass is 32.2. The summed E-state index contributed by atoms with van der Waals surface area (Å²) < 4.78 is 42.6. The molecule has 0 saturated carbocycles. The van der Waals surface area contributed by atoms with Crippen molar-refractivity contribution in [1.29, 1.82) is 0 Å². The normalized spacial score (nSPS) is 11.9. The van der Waals surface area contributed by atoms with E-state index in [9.17, 15) is 13.2 Å². The van der Waals surface area contributed by atoms with Gasteiger partial charge in [0.1, 0.15) is 5.69 Å². The second kappa shape index (κ2) is 6.55. The van der Waals surface area contributed by atoms with Crippen LogP contribution in [-0.2, 0) is 12.7 Å². The second-order valence-electron chi connectivity index (χ2n) is 5.38. The van der Waals surface area contributed by atoms with Crippen molar-refractivity contribution in [2.24, 2.45) is 0 Å². The molecule has 0 atom stereocenters. The molecule has 2 heterocycles. The Morgan fingerprint density at radius 2 is 1.92 bits per heavy atom. The minimum absolute atomic E-state index is 0.362. The van der Waals surface area contributed by atoms with Crippen molar-refractivity contribution in [3.05, 3.63) is 41.6 Å². The van der Waals surface area contributed by atoms with Crippen molar-refractivity contribution in [2.75, 3.05) is 6.26 Å². The first-order valence-electron chi connectivity index (χ1n) is 7.57. The van der Waals surface area contributed by atoms with Gasteiger partial charge in [-0.05, 0) is 44.4 Å². The molecule has 0 N–H and O–H groups in total. The van der Waals surface area contributed by atoms with Crippen molar-refractivity contribution < 1.29 is 13.2 Å². The van der Waals surface area contributed by atoms with Gasteiger partial charge in [0.15, 0.2) is 11.0 Å². The number of alkyl halides is 3. The minimum Gasteiger partial charge on any atom is -0.269 e. The summed E-state index contributed by atoms with van der Waals surface area (Å²) in [5, 5.41) is 13.2. The number of thioether (sulfide) groups is 1. The zero-order valence-electron chi connectivity index (χ0n) is 13.9. The largest absolute Gasteiger partial charge is 0.416 e. The highest BCUT2D eigenvalue weighted by molar-refractivity contribution is 7.98. The lowest BCUT2D eigenvalue weighted by Crippen LogP contribution is -2.08. The molecule has 0 fully saturated rings. The predicted molar refractivity (Wildman–Crippen MR) is 89.8 cm³/mol. The summed E-state index contributed by atoms with van der Waals surface area (Å²) in [7, 11) is 0. The van der Waals surface area contributed by atoms with E-state index in [-0.39, 0.29) is 0 Å². The number of aromatic nitrogens is 5. The molecule has 9 heteroatoms. The second-order valence-corrected chi connectivity index (χ2v) is 6.15. The number of nitrogens with zero attached hydrogens (tertiary/aromatic N) is 5. The topological polar surface area (TPSA) is 48.5 Å². The highest BCUT2D eigenvalue weighted by Crippen LogP contribution is 2.33. The van der Waals surface area contributed by atoms with Gasteiger partial charge in [0.05, 0.1) is 16.9 Å². The number of aryl methyl sites for hydroxylation is 2. The monoisotopic (exact) mass is 367 g/mol. The van der Waals surface area contributed by atoms with Crippen LogP contribution in [0.3, 0.4) is 0 Å². The Balaban J connectivity index is 2.21. The van der Waals surface area contributed by atoms with Crippen LogP contribution in [0.2, 0.25) is 0 Å². The molecule has 0 radical (unpaired) electrons. The van der Waals surface area contributed by atoms with Crippen LogP contribution in [-0.4, -0.2) is 30.8 Å². The van der Waals surface area contributed by atoms with E-state index in [1.54, 1.807) is 21.6 Å². The van der Waals surface area contributed by atoms with Gasteiger partial charge in [-0.3, -0.25) is 9.25 Å². The van der Waals surface area contributed by atoms with Gasteiger partial charge in [-0.25, -0.2) is 0 Å². The zero-order valence-corrected chi connectivity index (χ0v) is 14.7. The van der Waals surface area contributed by atoms with Gasteiger partial charge < -0.3 is 0 Å². The fraction of sp³-hybridized carbons (Fsp3) is 0.312. The predicted octanol–water partition coefficient (Wildman–Crippen LogP) is 4.20. The molecule has 0 bridgehead atoms. The summed E-state index contributed by atoms with van der Waals surface area (Å²) in [4.78, 5) is 0. The quantitative estimate of drug-likeness (QED) is 0.649. The van der Waals surface area contributed by atoms with E-state index in [0.717, 1.165) is 17.8 Å². The summed E-state index contributed by atoms with van der Waals surface area (Å²) in [6, 6.07) is 7.00. The Bertz CT molecular complexity index is 898. The Hall–Kier alpha value is -2.29. The maximum absolute atomic E-state index is 13.1. The maximum Gasteiger partial charge on any atom is 0.416 e. The third-order valence-corrected chi connectivity index (χ3v) is 4.31. The lowest BCUT2D eigenvalue weighted by atomic mass is 10.2. The van der Waals surface area contributed by atoms with Gasteiger partial charge in [-0.15, -0.1) is 10.2 Å². The average Bonchev–Trinajstić information content (AvgIpc) is 3.16. The Morgan fingerprint density at radius 1 is 1.16 bits per heavy atom. The molecule has 3 aromatic rings. The van der Waals surface area contributed by atoms with Crippen molar-refractivity contribution in [3.8, 4) is 17.2 Å². The molecule has 132 valence electrons. The fourth-order valence-corrected chi connectivity index (χ4v) is 3.09. The molecule has 0 spiro atoms. The van der Waals surface area contributed by atoms with Gasteiger partial charge >= 0.3 is 6.18 Å². The van der Waals surface area contributed by atoms with Crippen molar-refractivity contribution in [2.45, 2.75) is 31.7 Å². The molecular formula is C16H16F3N5S. The van der Waals surface area contributed by atoms with Gasteiger partial charge in [0.25, 0.3) is 0 Å². The van der Waals surface area contributed by atoms with Crippen LogP contribution in [0.1, 0.15) is 18.2 Å². The molecular weight excluding hydrogens is 351 g/mol. The van der Waals surface area contributed by atoms with Crippen LogP contribution in [0, 0.1) is 6.92 Å². The molecule has 5 nitrogen and oxygen atoms in total. The smallest absolute Gasteiger partial charge is 0.269 e. The van der Waals surface area contributed by atoms with Crippen LogP contribution >= 0.6 is 11.8 Å². The van der Waals surface area contributed by atoms with E-state index in [4.69, 9.17) is 0 Å². The van der Waals surface area contributed by atoms with E-state index < -0.39 is 11.7 Å². The third kappa shape index (κ3) is 3.28. The van der Waals surface area contributed by atoms with Crippen LogP contribution in [0.4, 0.5) is 13.2 Å². The summed E-state index contributed by atoms with van der Waals surface area (Å²) in [6.45, 7) is 4.42. The van der Waals surface area contributed by atoms with E-state index >= 15 is 0 Å². The van der Waals surface area contributed by atoms with Crippen molar-refractivity contribution in [3.63, 3.8) is 0 Å². The number of benzene rings is 1. The standard InChI is InChI=1S/C16H16F3N5S/c1-4-23-13(8-10(2)22-23)14-20-21-15(25-3)24(14)12-7-5-6-11(9-12)16(17,18)19/h5-9H,4H2,1-3H3. The van der Waals surface area contributed by atoms with Crippen LogP contribution in [0.15, 0.2) is 35.5 Å². The van der Waals surface area contributed by atoms with E-state index in [1.807, 2.05) is 19.9 Å². The van der Waals surface area contributed by atoms with E-state index in [0.29, 0.717) is 28.9 Å². The SMILES string of the molecule is CCn1nc(C)cc1-c1nnc(SC)n1-c1cccc(C(F)(F)F)c1. The lowest BCUT2D eigenvalue weighted by molar-refractivity contribution is -0.137. The van der Waals surface area contributed by atoms with Crippen molar-refractivity contribution in [1.82, 2.24) is 24.5 Å². The maximum atomic E-state index is 13.1. The number of hydrogen-bond acceptors (Lipinski definition) is 4. The first-order chi connectivity index (χ1) is 11.8. The first kappa shape index (κ1) is 17.5. The molecule has 1 aromatic carbocycles. The molecule has 3 rings (SSSR count). The molecule has 0 aliphatic heterocycles. The van der Waals surface area contributed by atoms with E-state index in [1.165, 1.54) is 17.8 Å². The van der Waals surface area contributed by atoms with Gasteiger partial charge in [0.2, 0.25) is 0 Å². The molecule has 25 heavy (non-hydrogen) atoms. The molecule has 0 aliphatic rings. The average molecular weight is 367 g/mol. The van der Waals surface area contributed by atoms with E-state index in [2.05, 4.69) is 15.3 Å². The Morgan fingerprint density at radius 3 is 2.56 bits per heavy atom. The number of rotatable bonds is 4. The van der Waals surface area contributed by atoms with Crippen LogP contribution in [0.5, 0.6) is 0 Å². The minimum atomic E-state index is -4.41. The Kier molecular flexibility index (Phi) is 4.59. The summed E-state index contributed by atoms with van der Waals surface area (Å²) in [5.41, 5.74) is 1.17. The summed E-state index contributed by atoms with van der Waals surface area (Å²) >= 11 is 1.32. The van der Waals surface area contributed by atoms with Crippen LogP contribution in [0.25, 0.3) is 17.2 Å². The number of hydrogen-bond donors (Lipinski definition) is 0. The zero-order chi connectivity index (χ0) is 18.2. The molecule has 0 amide bonds. The van der Waals surface area contributed by atoms with Crippen LogP contribution < -0.4 is 0 Å². The molecule has 2 aromatic heterocycles.